The number of carbonyl (C=O) groups is 3. The van der Waals surface area contributed by atoms with E-state index in [1.54, 1.807) is 51.1 Å². The quantitative estimate of drug-likeness (QED) is 0.257. The number of allylic oxidation sites excluding steroid dienone is 1. The van der Waals surface area contributed by atoms with Gasteiger partial charge in [-0.25, -0.2) is 9.59 Å². The van der Waals surface area contributed by atoms with E-state index in [-0.39, 0.29) is 40.1 Å². The highest BCUT2D eigenvalue weighted by Gasteiger charge is 2.27. The Hall–Kier alpha value is -3.53. The summed E-state index contributed by atoms with van der Waals surface area (Å²) in [5, 5.41) is 20.4. The van der Waals surface area contributed by atoms with Crippen molar-refractivity contribution >= 4 is 39.9 Å². The van der Waals surface area contributed by atoms with Crippen molar-refractivity contribution in [2.75, 3.05) is 18.5 Å². The largest absolute Gasteiger partial charge is 0.510 e. The van der Waals surface area contributed by atoms with Gasteiger partial charge in [0.2, 0.25) is 0 Å². The average molecular weight is 445 g/mol. The molecule has 0 aliphatic heterocycles. The maximum absolute atomic E-state index is 12.5. The van der Waals surface area contributed by atoms with Crippen molar-refractivity contribution in [3.05, 3.63) is 57.8 Å². The van der Waals surface area contributed by atoms with Crippen LogP contribution in [0.5, 0.6) is 0 Å². The molecule has 9 nitrogen and oxygen atoms in total. The standard InChI is InChI=1S/C21H23N3O6S/c1-5-29-20(27)15-12(3)17(21(28)30-6-2)31-19(15)24-23-16(13(4)25)18(26)22-14-10-8-7-9-11-14/h7-11,25H,5-6H2,1-4H3,(H,22,26)/b16-13+,24-23?. The lowest BCUT2D eigenvalue weighted by Crippen LogP contribution is -2.14. The molecule has 1 amide bonds. The molecule has 31 heavy (non-hydrogen) atoms. The summed E-state index contributed by atoms with van der Waals surface area (Å²) in [6.07, 6.45) is 0. The third-order valence-electron chi connectivity index (χ3n) is 3.90. The predicted molar refractivity (Wildman–Crippen MR) is 116 cm³/mol. The van der Waals surface area contributed by atoms with Crippen LogP contribution in [0.25, 0.3) is 0 Å². The van der Waals surface area contributed by atoms with Gasteiger partial charge >= 0.3 is 11.9 Å². The highest BCUT2D eigenvalue weighted by Crippen LogP contribution is 2.37. The van der Waals surface area contributed by atoms with Gasteiger partial charge in [-0.1, -0.05) is 18.2 Å². The van der Waals surface area contributed by atoms with E-state index < -0.39 is 17.8 Å². The molecule has 0 spiro atoms. The Balaban J connectivity index is 2.42. The molecule has 2 N–H and O–H groups in total. The molecule has 0 radical (unpaired) electrons. The number of anilines is 1. The summed E-state index contributed by atoms with van der Waals surface area (Å²) in [5.41, 5.74) is 0.556. The molecule has 0 bridgehead atoms. The third-order valence-corrected chi connectivity index (χ3v) is 5.05. The first kappa shape index (κ1) is 23.7. The summed E-state index contributed by atoms with van der Waals surface area (Å²) >= 11 is 0.886. The molecule has 2 aromatic rings. The fourth-order valence-electron chi connectivity index (χ4n) is 2.49. The molecule has 0 fully saturated rings. The summed E-state index contributed by atoms with van der Waals surface area (Å²) in [4.78, 5) is 37.3. The molecule has 164 valence electrons. The molecule has 1 aromatic heterocycles. The van der Waals surface area contributed by atoms with Crippen molar-refractivity contribution < 1.29 is 29.0 Å². The molecule has 0 saturated carbocycles. The van der Waals surface area contributed by atoms with Gasteiger partial charge in [0, 0.05) is 5.69 Å². The number of nitrogens with zero attached hydrogens (tertiary/aromatic N) is 2. The number of esters is 2. The Kier molecular flexibility index (Phi) is 8.44. The van der Waals surface area contributed by atoms with Crippen LogP contribution < -0.4 is 5.32 Å². The van der Waals surface area contributed by atoms with Crippen molar-refractivity contribution in [1.29, 1.82) is 0 Å². The second-order valence-electron chi connectivity index (χ2n) is 6.13. The number of nitrogens with one attached hydrogen (secondary N) is 1. The zero-order valence-electron chi connectivity index (χ0n) is 17.6. The van der Waals surface area contributed by atoms with E-state index in [9.17, 15) is 19.5 Å². The van der Waals surface area contributed by atoms with Crippen LogP contribution in [-0.2, 0) is 14.3 Å². The number of rotatable bonds is 8. The number of benzene rings is 1. The number of hydrogen-bond donors (Lipinski definition) is 2. The summed E-state index contributed by atoms with van der Waals surface area (Å²) in [5.74, 6) is -2.34. The molecule has 2 rings (SSSR count). The lowest BCUT2D eigenvalue weighted by atomic mass is 10.1. The highest BCUT2D eigenvalue weighted by molar-refractivity contribution is 7.18. The fraction of sp³-hybridized carbons (Fsp3) is 0.286. The average Bonchev–Trinajstić information content (AvgIpc) is 3.05. The van der Waals surface area contributed by atoms with Crippen LogP contribution in [0.2, 0.25) is 0 Å². The van der Waals surface area contributed by atoms with Gasteiger partial charge in [0.25, 0.3) is 5.91 Å². The van der Waals surface area contributed by atoms with Crippen LogP contribution in [0.15, 0.2) is 52.0 Å². The van der Waals surface area contributed by atoms with Crippen LogP contribution in [0.1, 0.15) is 46.4 Å². The first-order valence-corrected chi connectivity index (χ1v) is 10.3. The van der Waals surface area contributed by atoms with Gasteiger partial charge < -0.3 is 19.9 Å². The second-order valence-corrected chi connectivity index (χ2v) is 7.13. The Labute approximate surface area is 183 Å². The Morgan fingerprint density at radius 1 is 1.06 bits per heavy atom. The van der Waals surface area contributed by atoms with Crippen LogP contribution in [0, 0.1) is 6.92 Å². The van der Waals surface area contributed by atoms with Gasteiger partial charge in [-0.3, -0.25) is 4.79 Å². The summed E-state index contributed by atoms with van der Waals surface area (Å²) in [6.45, 7) is 6.47. The predicted octanol–water partition coefficient (Wildman–Crippen LogP) is 4.92. The number of aliphatic hydroxyl groups is 1. The first-order valence-electron chi connectivity index (χ1n) is 9.45. The van der Waals surface area contributed by atoms with Crippen molar-refractivity contribution in [3.8, 4) is 0 Å². The van der Waals surface area contributed by atoms with Gasteiger partial charge in [0.15, 0.2) is 10.7 Å². The van der Waals surface area contributed by atoms with Crippen molar-refractivity contribution in [2.24, 2.45) is 10.2 Å². The summed E-state index contributed by atoms with van der Waals surface area (Å²) in [6, 6.07) is 8.62. The summed E-state index contributed by atoms with van der Waals surface area (Å²) < 4.78 is 10.1. The number of amides is 1. The first-order chi connectivity index (χ1) is 14.8. The van der Waals surface area contributed by atoms with E-state index in [1.807, 2.05) is 0 Å². The van der Waals surface area contributed by atoms with Gasteiger partial charge in [-0.05, 0) is 45.4 Å². The Bertz CT molecular complexity index is 1020. The van der Waals surface area contributed by atoms with Gasteiger partial charge in [0.05, 0.1) is 13.2 Å². The van der Waals surface area contributed by atoms with E-state index in [1.165, 1.54) is 6.92 Å². The van der Waals surface area contributed by atoms with Crippen LogP contribution in [0.4, 0.5) is 10.7 Å². The smallest absolute Gasteiger partial charge is 0.348 e. The number of azo groups is 1. The van der Waals surface area contributed by atoms with E-state index >= 15 is 0 Å². The van der Waals surface area contributed by atoms with Crippen molar-refractivity contribution in [3.63, 3.8) is 0 Å². The van der Waals surface area contributed by atoms with Gasteiger partial charge in [-0.15, -0.1) is 21.6 Å². The van der Waals surface area contributed by atoms with E-state index in [0.29, 0.717) is 11.3 Å². The minimum absolute atomic E-state index is 0.0528. The van der Waals surface area contributed by atoms with Crippen molar-refractivity contribution in [2.45, 2.75) is 27.7 Å². The molecule has 1 aromatic carbocycles. The lowest BCUT2D eigenvalue weighted by Gasteiger charge is -2.05. The lowest BCUT2D eigenvalue weighted by molar-refractivity contribution is -0.113. The molecule has 10 heteroatoms. The number of ether oxygens (including phenoxy) is 2. The SMILES string of the molecule is CCOC(=O)c1sc(N=N/C(C(=O)Nc2ccccc2)=C(\C)O)c(C(=O)OCC)c1C. The van der Waals surface area contributed by atoms with Gasteiger partial charge in [-0.2, -0.15) is 0 Å². The van der Waals surface area contributed by atoms with E-state index in [0.717, 1.165) is 11.3 Å². The highest BCUT2D eigenvalue weighted by atomic mass is 32.1. The fourth-order valence-corrected chi connectivity index (χ4v) is 3.50. The monoisotopic (exact) mass is 445 g/mol. The van der Waals surface area contributed by atoms with Crippen LogP contribution in [-0.4, -0.2) is 36.2 Å². The number of hydrogen-bond acceptors (Lipinski definition) is 9. The molecular formula is C21H23N3O6S. The molecular weight excluding hydrogens is 422 g/mol. The summed E-state index contributed by atoms with van der Waals surface area (Å²) in [7, 11) is 0. The van der Waals surface area contributed by atoms with Crippen LogP contribution in [0.3, 0.4) is 0 Å². The van der Waals surface area contributed by atoms with E-state index in [4.69, 9.17) is 9.47 Å². The Morgan fingerprint density at radius 2 is 1.68 bits per heavy atom. The zero-order chi connectivity index (χ0) is 23.0. The van der Waals surface area contributed by atoms with Crippen LogP contribution >= 0.6 is 11.3 Å². The molecule has 0 saturated heterocycles. The second kappa shape index (κ2) is 11.0. The normalized spacial score (nSPS) is 11.7. The maximum atomic E-state index is 12.5. The van der Waals surface area contributed by atoms with Crippen molar-refractivity contribution in [1.82, 2.24) is 0 Å². The molecule has 1 heterocycles. The number of para-hydroxylation sites is 1. The van der Waals surface area contributed by atoms with E-state index in [2.05, 4.69) is 15.5 Å². The zero-order valence-corrected chi connectivity index (χ0v) is 18.4. The molecule has 0 unspecified atom stereocenters. The number of carbonyl (C=O) groups excluding carboxylic acids is 3. The number of thiophene rings is 1. The molecule has 0 atom stereocenters. The number of aliphatic hydroxyl groups excluding tert-OH is 1. The molecule has 0 aliphatic carbocycles. The maximum Gasteiger partial charge on any atom is 0.348 e. The minimum atomic E-state index is -0.688. The topological polar surface area (TPSA) is 127 Å². The molecule has 0 aliphatic rings. The Morgan fingerprint density at radius 3 is 2.26 bits per heavy atom. The minimum Gasteiger partial charge on any atom is -0.510 e. The third kappa shape index (κ3) is 5.98. The van der Waals surface area contributed by atoms with Gasteiger partial charge in [0.1, 0.15) is 16.2 Å².